The number of aliphatic hydroxyl groups excluding tert-OH is 1. The summed E-state index contributed by atoms with van der Waals surface area (Å²) in [7, 11) is 0. The van der Waals surface area contributed by atoms with E-state index in [4.69, 9.17) is 0 Å². The first-order valence-electron chi connectivity index (χ1n) is 7.86. The summed E-state index contributed by atoms with van der Waals surface area (Å²) in [5, 5.41) is 12.7. The van der Waals surface area contributed by atoms with Gasteiger partial charge in [0.05, 0.1) is 6.61 Å². The van der Waals surface area contributed by atoms with E-state index < -0.39 is 0 Å². The van der Waals surface area contributed by atoms with E-state index in [1.807, 2.05) is 0 Å². The molecule has 0 radical (unpaired) electrons. The van der Waals surface area contributed by atoms with Crippen molar-refractivity contribution in [2.45, 2.75) is 58.4 Å². The first-order valence-corrected chi connectivity index (χ1v) is 7.86. The molecule has 2 N–H and O–H groups in total. The molecule has 0 aromatic carbocycles. The highest BCUT2D eigenvalue weighted by atomic mass is 16.3. The largest absolute Gasteiger partial charge is 0.395 e. The summed E-state index contributed by atoms with van der Waals surface area (Å²) in [5.41, 5.74) is 0. The second kappa shape index (κ2) is 9.76. The van der Waals surface area contributed by atoms with Crippen molar-refractivity contribution in [3.05, 3.63) is 0 Å². The third kappa shape index (κ3) is 6.17. The average Bonchev–Trinajstić information content (AvgIpc) is 2.41. The maximum absolute atomic E-state index is 9.31. The lowest BCUT2D eigenvalue weighted by Gasteiger charge is -2.32. The van der Waals surface area contributed by atoms with Crippen LogP contribution in [0, 0.1) is 5.92 Å². The van der Waals surface area contributed by atoms with Gasteiger partial charge >= 0.3 is 0 Å². The molecule has 0 aromatic rings. The Morgan fingerprint density at radius 2 is 1.94 bits per heavy atom. The van der Waals surface area contributed by atoms with Crippen LogP contribution in [0.3, 0.4) is 0 Å². The molecule has 0 aromatic heterocycles. The van der Waals surface area contributed by atoms with Crippen molar-refractivity contribution in [3.63, 3.8) is 0 Å². The molecule has 108 valence electrons. The van der Waals surface area contributed by atoms with Gasteiger partial charge in [0.15, 0.2) is 0 Å². The van der Waals surface area contributed by atoms with Crippen LogP contribution < -0.4 is 5.32 Å². The molecular formula is C15H32N2O. The lowest BCUT2D eigenvalue weighted by atomic mass is 9.92. The number of hydrogen-bond acceptors (Lipinski definition) is 3. The van der Waals surface area contributed by atoms with Gasteiger partial charge in [0.1, 0.15) is 0 Å². The Balaban J connectivity index is 2.12. The van der Waals surface area contributed by atoms with Crippen molar-refractivity contribution < 1.29 is 5.11 Å². The molecule has 1 fully saturated rings. The second-order valence-electron chi connectivity index (χ2n) is 5.70. The monoisotopic (exact) mass is 256 g/mol. The molecule has 1 saturated heterocycles. The van der Waals surface area contributed by atoms with Crippen LogP contribution in [-0.2, 0) is 0 Å². The Kier molecular flexibility index (Phi) is 8.64. The fourth-order valence-corrected chi connectivity index (χ4v) is 2.85. The highest BCUT2D eigenvalue weighted by Gasteiger charge is 2.18. The third-order valence-electron chi connectivity index (χ3n) is 4.10. The van der Waals surface area contributed by atoms with E-state index in [1.54, 1.807) is 0 Å². The normalized spacial score (nSPS) is 20.2. The average molecular weight is 256 g/mol. The van der Waals surface area contributed by atoms with Gasteiger partial charge in [0.2, 0.25) is 0 Å². The van der Waals surface area contributed by atoms with Crippen molar-refractivity contribution in [1.82, 2.24) is 10.2 Å². The van der Waals surface area contributed by atoms with Crippen LogP contribution in [0.25, 0.3) is 0 Å². The topological polar surface area (TPSA) is 35.5 Å². The summed E-state index contributed by atoms with van der Waals surface area (Å²) >= 11 is 0. The van der Waals surface area contributed by atoms with Gasteiger partial charge in [-0.15, -0.1) is 0 Å². The smallest absolute Gasteiger partial charge is 0.0585 e. The predicted molar refractivity (Wildman–Crippen MR) is 77.9 cm³/mol. The Morgan fingerprint density at radius 3 is 2.50 bits per heavy atom. The zero-order valence-corrected chi connectivity index (χ0v) is 12.3. The zero-order valence-electron chi connectivity index (χ0n) is 12.3. The fourth-order valence-electron chi connectivity index (χ4n) is 2.85. The molecule has 1 rings (SSSR count). The highest BCUT2D eigenvalue weighted by molar-refractivity contribution is 4.74. The van der Waals surface area contributed by atoms with E-state index >= 15 is 0 Å². The Bertz CT molecular complexity index is 191. The molecule has 1 heterocycles. The third-order valence-corrected chi connectivity index (χ3v) is 4.10. The first-order chi connectivity index (χ1) is 8.80. The first kappa shape index (κ1) is 15.9. The zero-order chi connectivity index (χ0) is 13.2. The summed E-state index contributed by atoms with van der Waals surface area (Å²) in [5.74, 6) is 0.970. The number of rotatable bonds is 9. The van der Waals surface area contributed by atoms with Gasteiger partial charge in [-0.3, -0.25) is 0 Å². The molecule has 0 aliphatic carbocycles. The van der Waals surface area contributed by atoms with Crippen LogP contribution in [0.1, 0.15) is 52.4 Å². The Labute approximate surface area is 113 Å². The molecule has 1 unspecified atom stereocenters. The van der Waals surface area contributed by atoms with Gasteiger partial charge in [-0.05, 0) is 57.8 Å². The molecule has 1 atom stereocenters. The lowest BCUT2D eigenvalue weighted by Crippen LogP contribution is -2.40. The Morgan fingerprint density at radius 1 is 1.22 bits per heavy atom. The van der Waals surface area contributed by atoms with Gasteiger partial charge in [0, 0.05) is 6.04 Å². The SMILES string of the molecule is CCCNC(CO)CCN1CCC(CCC)CC1. The van der Waals surface area contributed by atoms with Crippen LogP contribution in [0.2, 0.25) is 0 Å². The van der Waals surface area contributed by atoms with Gasteiger partial charge < -0.3 is 15.3 Å². The van der Waals surface area contributed by atoms with Crippen LogP contribution in [0.15, 0.2) is 0 Å². The van der Waals surface area contributed by atoms with Crippen LogP contribution in [0.4, 0.5) is 0 Å². The Hall–Kier alpha value is -0.120. The van der Waals surface area contributed by atoms with Gasteiger partial charge in [0.25, 0.3) is 0 Å². The maximum Gasteiger partial charge on any atom is 0.0585 e. The summed E-state index contributed by atoms with van der Waals surface area (Å²) < 4.78 is 0. The van der Waals surface area contributed by atoms with E-state index in [1.165, 1.54) is 38.8 Å². The molecule has 3 heteroatoms. The quantitative estimate of drug-likeness (QED) is 0.664. The minimum absolute atomic E-state index is 0.270. The predicted octanol–water partition coefficient (Wildman–Crippen LogP) is 2.25. The number of likely N-dealkylation sites (tertiary alicyclic amines) is 1. The number of nitrogens with one attached hydrogen (secondary N) is 1. The molecule has 1 aliphatic rings. The molecular weight excluding hydrogens is 224 g/mol. The minimum Gasteiger partial charge on any atom is -0.395 e. The molecule has 0 spiro atoms. The molecule has 3 nitrogen and oxygen atoms in total. The van der Waals surface area contributed by atoms with E-state index in [0.29, 0.717) is 6.04 Å². The van der Waals surface area contributed by atoms with Crippen molar-refractivity contribution in [2.24, 2.45) is 5.92 Å². The fraction of sp³-hybridized carbons (Fsp3) is 1.00. The standard InChI is InChI=1S/C15H32N2O/c1-3-5-14-6-10-17(11-7-14)12-8-15(13-18)16-9-4-2/h14-16,18H,3-13H2,1-2H3. The molecule has 18 heavy (non-hydrogen) atoms. The van der Waals surface area contributed by atoms with Crippen molar-refractivity contribution >= 4 is 0 Å². The van der Waals surface area contributed by atoms with E-state index in [2.05, 4.69) is 24.1 Å². The van der Waals surface area contributed by atoms with Crippen molar-refractivity contribution in [2.75, 3.05) is 32.8 Å². The van der Waals surface area contributed by atoms with E-state index in [9.17, 15) is 5.11 Å². The maximum atomic E-state index is 9.31. The highest BCUT2D eigenvalue weighted by Crippen LogP contribution is 2.21. The second-order valence-corrected chi connectivity index (χ2v) is 5.70. The molecule has 0 bridgehead atoms. The summed E-state index contributed by atoms with van der Waals surface area (Å²) in [6, 6.07) is 0.290. The summed E-state index contributed by atoms with van der Waals surface area (Å²) in [6.45, 7) is 9.40. The van der Waals surface area contributed by atoms with Gasteiger partial charge in [-0.2, -0.15) is 0 Å². The van der Waals surface area contributed by atoms with Gasteiger partial charge in [-0.25, -0.2) is 0 Å². The van der Waals surface area contributed by atoms with Crippen LogP contribution in [-0.4, -0.2) is 48.8 Å². The van der Waals surface area contributed by atoms with Crippen LogP contribution >= 0.6 is 0 Å². The van der Waals surface area contributed by atoms with Gasteiger partial charge in [-0.1, -0.05) is 26.7 Å². The summed E-state index contributed by atoms with van der Waals surface area (Å²) in [6.07, 6.45) is 7.71. The minimum atomic E-state index is 0.270. The van der Waals surface area contributed by atoms with E-state index in [-0.39, 0.29) is 6.61 Å². The summed E-state index contributed by atoms with van der Waals surface area (Å²) in [4.78, 5) is 2.57. The van der Waals surface area contributed by atoms with Crippen molar-refractivity contribution in [3.8, 4) is 0 Å². The lowest BCUT2D eigenvalue weighted by molar-refractivity contribution is 0.159. The van der Waals surface area contributed by atoms with E-state index in [0.717, 1.165) is 31.8 Å². The van der Waals surface area contributed by atoms with Crippen molar-refractivity contribution in [1.29, 1.82) is 0 Å². The molecule has 0 amide bonds. The number of aliphatic hydroxyl groups is 1. The molecule has 1 aliphatic heterocycles. The molecule has 0 saturated carbocycles. The number of hydrogen-bond donors (Lipinski definition) is 2. The number of piperidine rings is 1. The number of nitrogens with zero attached hydrogens (tertiary/aromatic N) is 1. The van der Waals surface area contributed by atoms with Crippen LogP contribution in [0.5, 0.6) is 0 Å².